The summed E-state index contributed by atoms with van der Waals surface area (Å²) in [6.07, 6.45) is 24.1. The van der Waals surface area contributed by atoms with Crippen LogP contribution in [0.1, 0.15) is 103 Å². The minimum Gasteiger partial charge on any atom is -0.480 e. The number of aliphatic imine (C=N–C) groups is 1. The van der Waals surface area contributed by atoms with Crippen molar-refractivity contribution in [1.29, 1.82) is 0 Å². The predicted octanol–water partition coefficient (Wildman–Crippen LogP) is 6.21. The molecule has 4 nitrogen and oxygen atoms in total. The average molecular weight is 379 g/mol. The van der Waals surface area contributed by atoms with Gasteiger partial charge in [0.1, 0.15) is 6.54 Å². The molecule has 1 aliphatic heterocycles. The Labute approximate surface area is 167 Å². The van der Waals surface area contributed by atoms with E-state index in [0.717, 1.165) is 31.8 Å². The normalized spacial score (nSPS) is 14.3. The first-order chi connectivity index (χ1) is 13.2. The fourth-order valence-corrected chi connectivity index (χ4v) is 3.63. The Morgan fingerprint density at radius 3 is 2.07 bits per heavy atom. The fraction of sp³-hybridized carbons (Fsp3) is 0.826. The van der Waals surface area contributed by atoms with E-state index in [1.54, 1.807) is 0 Å². The molecule has 0 aromatic rings. The van der Waals surface area contributed by atoms with Crippen molar-refractivity contribution in [2.45, 2.75) is 103 Å². The zero-order chi connectivity index (χ0) is 19.6. The molecule has 0 fully saturated rings. The van der Waals surface area contributed by atoms with Crippen LogP contribution in [0, 0.1) is 0 Å². The van der Waals surface area contributed by atoms with Crippen LogP contribution < -0.4 is 0 Å². The average Bonchev–Trinajstić information content (AvgIpc) is 3.07. The van der Waals surface area contributed by atoms with Gasteiger partial charge in [-0.25, -0.2) is 0 Å². The van der Waals surface area contributed by atoms with E-state index in [4.69, 9.17) is 5.11 Å². The molecule has 0 bridgehead atoms. The van der Waals surface area contributed by atoms with Gasteiger partial charge >= 0.3 is 5.97 Å². The van der Waals surface area contributed by atoms with Gasteiger partial charge in [0.2, 0.25) is 0 Å². The number of unbranched alkanes of at least 4 members (excludes halogenated alkanes) is 12. The Hall–Kier alpha value is -1.32. The zero-order valence-corrected chi connectivity index (χ0v) is 17.6. The highest BCUT2D eigenvalue weighted by molar-refractivity contribution is 5.86. The van der Waals surface area contributed by atoms with E-state index in [0.29, 0.717) is 0 Å². The van der Waals surface area contributed by atoms with Gasteiger partial charge in [0.15, 0.2) is 0 Å². The van der Waals surface area contributed by atoms with Crippen LogP contribution in [0.15, 0.2) is 17.1 Å². The summed E-state index contributed by atoms with van der Waals surface area (Å²) in [6.45, 7) is 3.90. The van der Waals surface area contributed by atoms with Crippen molar-refractivity contribution >= 4 is 11.8 Å². The lowest BCUT2D eigenvalue weighted by Gasteiger charge is -2.17. The summed E-state index contributed by atoms with van der Waals surface area (Å²) in [7, 11) is 0. The molecule has 1 N–H and O–H groups in total. The van der Waals surface area contributed by atoms with Crippen LogP contribution in [0.5, 0.6) is 0 Å². The molecule has 0 saturated heterocycles. The van der Waals surface area contributed by atoms with E-state index in [1.165, 1.54) is 83.5 Å². The molecular formula is C23H42N2O2. The molecule has 0 spiro atoms. The van der Waals surface area contributed by atoms with Gasteiger partial charge in [-0.05, 0) is 32.1 Å². The van der Waals surface area contributed by atoms with E-state index in [-0.39, 0.29) is 6.54 Å². The van der Waals surface area contributed by atoms with Gasteiger partial charge < -0.3 is 10.0 Å². The molecule has 0 aromatic heterocycles. The molecule has 0 radical (unpaired) electrons. The molecule has 0 aliphatic carbocycles. The first-order valence-electron chi connectivity index (χ1n) is 11.4. The molecular weight excluding hydrogens is 336 g/mol. The van der Waals surface area contributed by atoms with Gasteiger partial charge in [0.05, 0.1) is 12.4 Å². The Kier molecular flexibility index (Phi) is 14.8. The molecule has 1 aliphatic rings. The van der Waals surface area contributed by atoms with E-state index in [1.807, 2.05) is 4.90 Å². The highest BCUT2D eigenvalue weighted by atomic mass is 16.4. The number of carbonyl (C=O) groups is 1. The Morgan fingerprint density at radius 2 is 1.48 bits per heavy atom. The van der Waals surface area contributed by atoms with Crippen LogP contribution in [-0.2, 0) is 4.79 Å². The number of rotatable bonds is 18. The van der Waals surface area contributed by atoms with Crippen LogP contribution in [0.4, 0.5) is 0 Å². The number of hydrogen-bond acceptors (Lipinski definition) is 3. The number of hydrogen-bond donors (Lipinski definition) is 1. The molecule has 156 valence electrons. The van der Waals surface area contributed by atoms with Crippen molar-refractivity contribution in [2.24, 2.45) is 4.99 Å². The van der Waals surface area contributed by atoms with Gasteiger partial charge in [-0.3, -0.25) is 9.79 Å². The molecule has 4 heteroatoms. The van der Waals surface area contributed by atoms with E-state index in [9.17, 15) is 4.79 Å². The Balaban J connectivity index is 1.83. The maximum absolute atomic E-state index is 10.8. The number of nitrogens with zero attached hydrogens (tertiary/aromatic N) is 2. The second-order valence-electron chi connectivity index (χ2n) is 7.80. The number of amidine groups is 1. The Morgan fingerprint density at radius 1 is 0.926 bits per heavy atom. The summed E-state index contributed by atoms with van der Waals surface area (Å²) in [5.74, 6) is 0.251. The first-order valence-corrected chi connectivity index (χ1v) is 11.4. The molecule has 27 heavy (non-hydrogen) atoms. The van der Waals surface area contributed by atoms with Crippen LogP contribution in [0.3, 0.4) is 0 Å². The lowest BCUT2D eigenvalue weighted by atomic mass is 10.1. The van der Waals surface area contributed by atoms with Gasteiger partial charge in [0.25, 0.3) is 0 Å². The van der Waals surface area contributed by atoms with E-state index < -0.39 is 5.97 Å². The van der Waals surface area contributed by atoms with Crippen LogP contribution >= 0.6 is 0 Å². The smallest absolute Gasteiger partial charge is 0.323 e. The minimum absolute atomic E-state index is 0.103. The largest absolute Gasteiger partial charge is 0.480 e. The lowest BCUT2D eigenvalue weighted by Crippen LogP contribution is -2.32. The summed E-state index contributed by atoms with van der Waals surface area (Å²) in [5, 5.41) is 8.90. The van der Waals surface area contributed by atoms with E-state index in [2.05, 4.69) is 24.1 Å². The van der Waals surface area contributed by atoms with Gasteiger partial charge in [0, 0.05) is 13.0 Å². The highest BCUT2D eigenvalue weighted by Gasteiger charge is 2.18. The van der Waals surface area contributed by atoms with E-state index >= 15 is 0 Å². The van der Waals surface area contributed by atoms with Crippen molar-refractivity contribution in [3.63, 3.8) is 0 Å². The zero-order valence-electron chi connectivity index (χ0n) is 17.6. The molecule has 0 atom stereocenters. The maximum atomic E-state index is 10.8. The SMILES string of the molecule is CCCCCCC/C=C/CCCCCCCCCC1=NCCN1CC(=O)O. The third-order valence-electron chi connectivity index (χ3n) is 5.27. The monoisotopic (exact) mass is 378 g/mol. The molecule has 1 heterocycles. The summed E-state index contributed by atoms with van der Waals surface area (Å²) >= 11 is 0. The summed E-state index contributed by atoms with van der Waals surface area (Å²) < 4.78 is 0. The maximum Gasteiger partial charge on any atom is 0.323 e. The fourth-order valence-electron chi connectivity index (χ4n) is 3.63. The topological polar surface area (TPSA) is 52.9 Å². The molecule has 0 saturated carbocycles. The standard InChI is InChI=1S/C23H42N2O2/c1-2-3-4-5-6-7-8-9-10-11-12-13-14-15-16-17-18-22-24-19-20-25(22)21-23(26)27/h8-9H,2-7,10-21H2,1H3,(H,26,27)/b9-8+. The third kappa shape index (κ3) is 13.5. The number of carboxylic acids is 1. The van der Waals surface area contributed by atoms with Crippen molar-refractivity contribution in [3.8, 4) is 0 Å². The van der Waals surface area contributed by atoms with Crippen LogP contribution in [0.25, 0.3) is 0 Å². The van der Waals surface area contributed by atoms with Crippen LogP contribution in [-0.4, -0.2) is 41.4 Å². The van der Waals surface area contributed by atoms with Crippen molar-refractivity contribution in [1.82, 2.24) is 4.90 Å². The van der Waals surface area contributed by atoms with Crippen LogP contribution in [0.2, 0.25) is 0 Å². The molecule has 0 amide bonds. The third-order valence-corrected chi connectivity index (χ3v) is 5.27. The second kappa shape index (κ2) is 16.8. The first kappa shape index (κ1) is 23.7. The van der Waals surface area contributed by atoms with Gasteiger partial charge in [-0.2, -0.15) is 0 Å². The number of carboxylic acid groups (broad SMARTS) is 1. The Bertz CT molecular complexity index is 432. The lowest BCUT2D eigenvalue weighted by molar-refractivity contribution is -0.137. The van der Waals surface area contributed by atoms with Crippen molar-refractivity contribution < 1.29 is 9.90 Å². The quantitative estimate of drug-likeness (QED) is 0.228. The summed E-state index contributed by atoms with van der Waals surface area (Å²) in [6, 6.07) is 0. The number of aliphatic carboxylic acids is 1. The molecule has 0 aromatic carbocycles. The summed E-state index contributed by atoms with van der Waals surface area (Å²) in [4.78, 5) is 17.2. The van der Waals surface area contributed by atoms with Crippen molar-refractivity contribution in [3.05, 3.63) is 12.2 Å². The number of allylic oxidation sites excluding steroid dienone is 2. The molecule has 1 rings (SSSR count). The molecule has 0 unspecified atom stereocenters. The van der Waals surface area contributed by atoms with Gasteiger partial charge in [-0.1, -0.05) is 76.9 Å². The second-order valence-corrected chi connectivity index (χ2v) is 7.80. The predicted molar refractivity (Wildman–Crippen MR) is 116 cm³/mol. The minimum atomic E-state index is -0.758. The summed E-state index contributed by atoms with van der Waals surface area (Å²) in [5.41, 5.74) is 0. The van der Waals surface area contributed by atoms with Gasteiger partial charge in [-0.15, -0.1) is 0 Å². The van der Waals surface area contributed by atoms with Crippen molar-refractivity contribution in [2.75, 3.05) is 19.6 Å². The highest BCUT2D eigenvalue weighted by Crippen LogP contribution is 2.13.